The molecule has 70 valence electrons. The van der Waals surface area contributed by atoms with Gasteiger partial charge in [0.1, 0.15) is 0 Å². The van der Waals surface area contributed by atoms with E-state index in [2.05, 4.69) is 15.9 Å². The van der Waals surface area contributed by atoms with Crippen molar-refractivity contribution in [2.45, 2.75) is 17.0 Å². The molecule has 0 aromatic heterocycles. The van der Waals surface area contributed by atoms with Crippen molar-refractivity contribution in [2.24, 2.45) is 5.73 Å². The van der Waals surface area contributed by atoms with E-state index in [-0.39, 0.29) is 6.04 Å². The monoisotopic (exact) mass is 259 g/mol. The highest BCUT2D eigenvalue weighted by atomic mass is 79.9. The number of nitrogens with two attached hydrogens (primary N) is 1. The molecule has 1 heterocycles. The Hall–Kier alpha value is -0.0300. The molecule has 1 aliphatic rings. The lowest BCUT2D eigenvalue weighted by atomic mass is 10.0. The third-order valence-electron chi connectivity index (χ3n) is 2.16. The molecule has 0 fully saturated rings. The SMILES string of the molecule is NC1c2cc(Br)ccc2SCC1O. The Balaban J connectivity index is 2.45. The normalized spacial score (nSPS) is 27.0. The maximum absolute atomic E-state index is 9.55. The third-order valence-corrected chi connectivity index (χ3v) is 3.84. The minimum Gasteiger partial charge on any atom is -0.390 e. The first kappa shape index (κ1) is 9.52. The molecular formula is C9H10BrNOS. The largest absolute Gasteiger partial charge is 0.390 e. The predicted octanol–water partition coefficient (Wildman–Crippen LogP) is 1.92. The number of rotatable bonds is 0. The van der Waals surface area contributed by atoms with Gasteiger partial charge in [0.2, 0.25) is 0 Å². The highest BCUT2D eigenvalue weighted by Crippen LogP contribution is 2.36. The molecule has 4 heteroatoms. The highest BCUT2D eigenvalue weighted by Gasteiger charge is 2.25. The zero-order valence-electron chi connectivity index (χ0n) is 6.90. The maximum Gasteiger partial charge on any atom is 0.0826 e. The van der Waals surface area contributed by atoms with E-state index < -0.39 is 6.10 Å². The number of hydrogen-bond acceptors (Lipinski definition) is 3. The van der Waals surface area contributed by atoms with Crippen LogP contribution in [0.4, 0.5) is 0 Å². The van der Waals surface area contributed by atoms with Gasteiger partial charge in [0.15, 0.2) is 0 Å². The van der Waals surface area contributed by atoms with Gasteiger partial charge in [0.25, 0.3) is 0 Å². The first-order chi connectivity index (χ1) is 6.18. The van der Waals surface area contributed by atoms with E-state index in [0.29, 0.717) is 5.75 Å². The number of hydrogen-bond donors (Lipinski definition) is 2. The molecule has 1 aromatic carbocycles. The number of benzene rings is 1. The quantitative estimate of drug-likeness (QED) is 0.749. The van der Waals surface area contributed by atoms with Crippen LogP contribution in [0.2, 0.25) is 0 Å². The van der Waals surface area contributed by atoms with E-state index in [0.717, 1.165) is 10.0 Å². The number of halogens is 1. The molecule has 0 spiro atoms. The van der Waals surface area contributed by atoms with E-state index >= 15 is 0 Å². The summed E-state index contributed by atoms with van der Waals surface area (Å²) in [6, 6.07) is 5.77. The second-order valence-corrected chi connectivity index (χ2v) is 5.06. The van der Waals surface area contributed by atoms with Crippen molar-refractivity contribution in [3.05, 3.63) is 28.2 Å². The Morgan fingerprint density at radius 1 is 1.54 bits per heavy atom. The summed E-state index contributed by atoms with van der Waals surface area (Å²) in [5.74, 6) is 0.690. The van der Waals surface area contributed by atoms with Gasteiger partial charge in [0, 0.05) is 15.1 Å². The summed E-state index contributed by atoms with van der Waals surface area (Å²) in [6.07, 6.45) is -0.424. The molecule has 1 aliphatic heterocycles. The first-order valence-electron chi connectivity index (χ1n) is 4.04. The number of thioether (sulfide) groups is 1. The minimum atomic E-state index is -0.424. The summed E-state index contributed by atoms with van der Waals surface area (Å²) in [4.78, 5) is 1.18. The Morgan fingerprint density at radius 3 is 3.08 bits per heavy atom. The second-order valence-electron chi connectivity index (χ2n) is 3.09. The van der Waals surface area contributed by atoms with Crippen molar-refractivity contribution in [1.29, 1.82) is 0 Å². The van der Waals surface area contributed by atoms with Crippen LogP contribution in [0.3, 0.4) is 0 Å². The molecule has 0 saturated carbocycles. The van der Waals surface area contributed by atoms with Crippen molar-refractivity contribution >= 4 is 27.7 Å². The van der Waals surface area contributed by atoms with Gasteiger partial charge in [-0.15, -0.1) is 11.8 Å². The van der Waals surface area contributed by atoms with Crippen molar-refractivity contribution in [3.63, 3.8) is 0 Å². The molecule has 0 saturated heterocycles. The minimum absolute atomic E-state index is 0.242. The van der Waals surface area contributed by atoms with Crippen LogP contribution in [0.5, 0.6) is 0 Å². The zero-order chi connectivity index (χ0) is 9.42. The molecule has 2 rings (SSSR count). The summed E-state index contributed by atoms with van der Waals surface area (Å²) in [5.41, 5.74) is 6.91. The Bertz CT molecular complexity index is 331. The Morgan fingerprint density at radius 2 is 2.31 bits per heavy atom. The van der Waals surface area contributed by atoms with Crippen LogP contribution in [0.1, 0.15) is 11.6 Å². The molecular weight excluding hydrogens is 250 g/mol. The maximum atomic E-state index is 9.55. The van der Waals surface area contributed by atoms with Crippen LogP contribution in [-0.4, -0.2) is 17.0 Å². The van der Waals surface area contributed by atoms with Gasteiger partial charge < -0.3 is 10.8 Å². The second kappa shape index (κ2) is 3.61. The number of fused-ring (bicyclic) bond motifs is 1. The van der Waals surface area contributed by atoms with Crippen LogP contribution in [0.15, 0.2) is 27.6 Å². The summed E-state index contributed by atoms with van der Waals surface area (Å²) >= 11 is 5.05. The van der Waals surface area contributed by atoms with E-state index in [9.17, 15) is 5.11 Å². The molecule has 2 nitrogen and oxygen atoms in total. The lowest BCUT2D eigenvalue weighted by Gasteiger charge is -2.26. The van der Waals surface area contributed by atoms with E-state index in [1.54, 1.807) is 11.8 Å². The van der Waals surface area contributed by atoms with Gasteiger partial charge in [-0.3, -0.25) is 0 Å². The topological polar surface area (TPSA) is 46.2 Å². The summed E-state index contributed by atoms with van der Waals surface area (Å²) in [6.45, 7) is 0. The van der Waals surface area contributed by atoms with E-state index in [1.807, 2.05) is 18.2 Å². The highest BCUT2D eigenvalue weighted by molar-refractivity contribution is 9.10. The van der Waals surface area contributed by atoms with Gasteiger partial charge in [-0.1, -0.05) is 15.9 Å². The molecule has 1 aromatic rings. The van der Waals surface area contributed by atoms with Crippen LogP contribution < -0.4 is 5.73 Å². The average Bonchev–Trinajstić information content (AvgIpc) is 2.12. The zero-order valence-corrected chi connectivity index (χ0v) is 9.31. The number of aliphatic hydroxyl groups is 1. The van der Waals surface area contributed by atoms with Crippen LogP contribution >= 0.6 is 27.7 Å². The molecule has 2 atom stereocenters. The summed E-state index contributed by atoms with van der Waals surface area (Å²) in [7, 11) is 0. The fraction of sp³-hybridized carbons (Fsp3) is 0.333. The number of aliphatic hydroxyl groups excluding tert-OH is 1. The third kappa shape index (κ3) is 1.76. The lowest BCUT2D eigenvalue weighted by molar-refractivity contribution is 0.165. The van der Waals surface area contributed by atoms with Gasteiger partial charge in [0.05, 0.1) is 12.1 Å². The van der Waals surface area contributed by atoms with E-state index in [1.165, 1.54) is 4.90 Å². The fourth-order valence-corrected chi connectivity index (χ4v) is 2.86. The van der Waals surface area contributed by atoms with E-state index in [4.69, 9.17) is 5.73 Å². The Kier molecular flexibility index (Phi) is 2.65. The van der Waals surface area contributed by atoms with Gasteiger partial charge in [-0.25, -0.2) is 0 Å². The van der Waals surface area contributed by atoms with Crippen LogP contribution in [-0.2, 0) is 0 Å². The summed E-state index contributed by atoms with van der Waals surface area (Å²) in [5, 5.41) is 9.55. The van der Waals surface area contributed by atoms with Gasteiger partial charge >= 0.3 is 0 Å². The smallest absolute Gasteiger partial charge is 0.0826 e. The fourth-order valence-electron chi connectivity index (χ4n) is 1.40. The van der Waals surface area contributed by atoms with Crippen molar-refractivity contribution in [3.8, 4) is 0 Å². The lowest BCUT2D eigenvalue weighted by Crippen LogP contribution is -2.31. The Labute approximate surface area is 89.6 Å². The van der Waals surface area contributed by atoms with Crippen molar-refractivity contribution in [2.75, 3.05) is 5.75 Å². The van der Waals surface area contributed by atoms with Crippen molar-refractivity contribution in [1.82, 2.24) is 0 Å². The van der Waals surface area contributed by atoms with Crippen LogP contribution in [0.25, 0.3) is 0 Å². The average molecular weight is 260 g/mol. The predicted molar refractivity (Wildman–Crippen MR) is 57.8 cm³/mol. The standard InChI is InChI=1S/C9H10BrNOS/c10-5-1-2-8-6(3-5)9(11)7(12)4-13-8/h1-3,7,9,12H,4,11H2. The van der Waals surface area contributed by atoms with Gasteiger partial charge in [-0.2, -0.15) is 0 Å². The molecule has 0 bridgehead atoms. The molecule has 0 radical (unpaired) electrons. The first-order valence-corrected chi connectivity index (χ1v) is 5.82. The molecule has 3 N–H and O–H groups in total. The molecule has 2 unspecified atom stereocenters. The molecule has 13 heavy (non-hydrogen) atoms. The van der Waals surface area contributed by atoms with Crippen LogP contribution in [0, 0.1) is 0 Å². The summed E-state index contributed by atoms with van der Waals surface area (Å²) < 4.78 is 1.01. The molecule has 0 aliphatic carbocycles. The molecule has 0 amide bonds. The van der Waals surface area contributed by atoms with Gasteiger partial charge in [-0.05, 0) is 23.8 Å². The van der Waals surface area contributed by atoms with Crippen molar-refractivity contribution < 1.29 is 5.11 Å².